The summed E-state index contributed by atoms with van der Waals surface area (Å²) in [4.78, 5) is 52.2. The predicted octanol–water partition coefficient (Wildman–Crippen LogP) is 3.31. The van der Waals surface area contributed by atoms with E-state index in [1.54, 1.807) is 59.5 Å². The second-order valence-corrected chi connectivity index (χ2v) is 9.52. The van der Waals surface area contributed by atoms with Gasteiger partial charge in [-0.05, 0) is 48.0 Å². The first-order valence-corrected chi connectivity index (χ1v) is 12.2. The molecular formula is C25H23ClN4O5S. The summed E-state index contributed by atoms with van der Waals surface area (Å²) in [7, 11) is 1.49. The third-order valence-corrected chi connectivity index (χ3v) is 6.75. The SMILES string of the molecule is CNC(=O)c1cccc(CNC(=O)c2ccc(Cl)s2)c1NC(=O)c1ccc(N2CCOCC2=O)cc1. The number of para-hydroxylation sites is 1. The fourth-order valence-electron chi connectivity index (χ4n) is 3.69. The molecule has 1 aliphatic heterocycles. The molecule has 2 heterocycles. The molecule has 0 bridgehead atoms. The van der Waals surface area contributed by atoms with Gasteiger partial charge in [0.2, 0.25) is 0 Å². The van der Waals surface area contributed by atoms with E-state index in [9.17, 15) is 19.2 Å². The number of anilines is 2. The molecule has 11 heteroatoms. The highest BCUT2D eigenvalue weighted by molar-refractivity contribution is 7.18. The van der Waals surface area contributed by atoms with Gasteiger partial charge in [-0.2, -0.15) is 0 Å². The number of halogens is 1. The third-order valence-electron chi connectivity index (χ3n) is 5.52. The second kappa shape index (κ2) is 11.3. The molecule has 1 saturated heterocycles. The fraction of sp³-hybridized carbons (Fsp3) is 0.200. The van der Waals surface area contributed by atoms with Crippen LogP contribution in [0.25, 0.3) is 0 Å². The van der Waals surface area contributed by atoms with Gasteiger partial charge in [-0.1, -0.05) is 23.7 Å². The van der Waals surface area contributed by atoms with Crippen LogP contribution in [0.3, 0.4) is 0 Å². The van der Waals surface area contributed by atoms with E-state index in [2.05, 4.69) is 16.0 Å². The van der Waals surface area contributed by atoms with Crippen molar-refractivity contribution in [1.82, 2.24) is 10.6 Å². The number of carbonyl (C=O) groups is 4. The van der Waals surface area contributed by atoms with Crippen LogP contribution in [0.15, 0.2) is 54.6 Å². The molecule has 1 aliphatic rings. The average Bonchev–Trinajstić information content (AvgIpc) is 3.34. The van der Waals surface area contributed by atoms with E-state index >= 15 is 0 Å². The normalized spacial score (nSPS) is 13.3. The molecule has 3 aromatic rings. The lowest BCUT2D eigenvalue weighted by Crippen LogP contribution is -2.41. The van der Waals surface area contributed by atoms with Crippen LogP contribution in [0.2, 0.25) is 4.34 Å². The molecule has 3 N–H and O–H groups in total. The van der Waals surface area contributed by atoms with Crippen LogP contribution in [-0.4, -0.2) is 50.4 Å². The maximum Gasteiger partial charge on any atom is 0.261 e. The van der Waals surface area contributed by atoms with Gasteiger partial charge in [-0.15, -0.1) is 11.3 Å². The van der Waals surface area contributed by atoms with Gasteiger partial charge in [-0.3, -0.25) is 19.2 Å². The van der Waals surface area contributed by atoms with Crippen LogP contribution in [-0.2, 0) is 16.1 Å². The minimum absolute atomic E-state index is 0.0252. The van der Waals surface area contributed by atoms with Crippen LogP contribution in [0, 0.1) is 0 Å². The van der Waals surface area contributed by atoms with E-state index in [0.717, 1.165) is 11.3 Å². The number of nitrogens with one attached hydrogen (secondary N) is 3. The number of rotatable bonds is 7. The summed E-state index contributed by atoms with van der Waals surface area (Å²) in [6, 6.07) is 14.8. The Morgan fingerprint density at radius 2 is 1.81 bits per heavy atom. The first kappa shape index (κ1) is 25.4. The van der Waals surface area contributed by atoms with Gasteiger partial charge in [-0.25, -0.2) is 0 Å². The van der Waals surface area contributed by atoms with Crippen LogP contribution < -0.4 is 20.9 Å². The standard InChI is InChI=1S/C25H23ClN4O5S/c1-27-24(33)18-4-2-3-16(13-28-25(34)19-9-10-20(26)36-19)22(18)29-23(32)15-5-7-17(8-6-15)30-11-12-35-14-21(30)31/h2-10H,11-14H2,1H3,(H,27,33)(H,28,34)(H,29,32). The number of carbonyl (C=O) groups excluding carboxylic acids is 4. The maximum atomic E-state index is 13.1. The van der Waals surface area contributed by atoms with Crippen molar-refractivity contribution in [2.45, 2.75) is 6.54 Å². The van der Waals surface area contributed by atoms with E-state index in [4.69, 9.17) is 16.3 Å². The number of morpholine rings is 1. The van der Waals surface area contributed by atoms with Crippen molar-refractivity contribution in [2.75, 3.05) is 37.0 Å². The van der Waals surface area contributed by atoms with Gasteiger partial charge in [0, 0.05) is 31.4 Å². The van der Waals surface area contributed by atoms with Crippen LogP contribution in [0.4, 0.5) is 11.4 Å². The van der Waals surface area contributed by atoms with Gasteiger partial charge in [0.1, 0.15) is 6.61 Å². The lowest BCUT2D eigenvalue weighted by Gasteiger charge is -2.26. The summed E-state index contributed by atoms with van der Waals surface area (Å²) < 4.78 is 5.65. The largest absolute Gasteiger partial charge is 0.370 e. The first-order chi connectivity index (χ1) is 17.4. The molecule has 1 aromatic heterocycles. The van der Waals surface area contributed by atoms with E-state index in [1.165, 1.54) is 7.05 Å². The molecule has 36 heavy (non-hydrogen) atoms. The number of hydrogen-bond donors (Lipinski definition) is 3. The molecule has 0 unspecified atom stereocenters. The Balaban J connectivity index is 1.54. The smallest absolute Gasteiger partial charge is 0.261 e. The number of benzene rings is 2. The molecule has 1 fully saturated rings. The molecule has 0 spiro atoms. The van der Waals surface area contributed by atoms with Gasteiger partial charge in [0.25, 0.3) is 23.6 Å². The molecule has 2 aromatic carbocycles. The predicted molar refractivity (Wildman–Crippen MR) is 138 cm³/mol. The number of hydrogen-bond acceptors (Lipinski definition) is 6. The third kappa shape index (κ3) is 5.73. The van der Waals surface area contributed by atoms with E-state index in [0.29, 0.717) is 44.9 Å². The van der Waals surface area contributed by atoms with Crippen molar-refractivity contribution in [3.63, 3.8) is 0 Å². The average molecular weight is 527 g/mol. The number of amides is 4. The van der Waals surface area contributed by atoms with Crippen molar-refractivity contribution in [2.24, 2.45) is 0 Å². The molecule has 4 rings (SSSR count). The highest BCUT2D eigenvalue weighted by Crippen LogP contribution is 2.25. The Kier molecular flexibility index (Phi) is 7.99. The van der Waals surface area contributed by atoms with Gasteiger partial charge >= 0.3 is 0 Å². The van der Waals surface area contributed by atoms with Gasteiger partial charge in [0.15, 0.2) is 0 Å². The minimum Gasteiger partial charge on any atom is -0.370 e. The van der Waals surface area contributed by atoms with Crippen molar-refractivity contribution in [3.05, 3.63) is 80.5 Å². The zero-order valence-electron chi connectivity index (χ0n) is 19.3. The molecule has 186 valence electrons. The van der Waals surface area contributed by atoms with Gasteiger partial charge < -0.3 is 25.6 Å². The van der Waals surface area contributed by atoms with Crippen molar-refractivity contribution in [1.29, 1.82) is 0 Å². The number of ether oxygens (including phenoxy) is 1. The summed E-state index contributed by atoms with van der Waals surface area (Å²) in [6.45, 7) is 0.990. The highest BCUT2D eigenvalue weighted by atomic mass is 35.5. The lowest BCUT2D eigenvalue weighted by molar-refractivity contribution is -0.125. The second-order valence-electron chi connectivity index (χ2n) is 7.80. The Labute approximate surface area is 216 Å². The quantitative estimate of drug-likeness (QED) is 0.437. The van der Waals surface area contributed by atoms with Crippen LogP contribution >= 0.6 is 22.9 Å². The summed E-state index contributed by atoms with van der Waals surface area (Å²) in [5.74, 6) is -1.29. The molecule has 0 radical (unpaired) electrons. The zero-order valence-corrected chi connectivity index (χ0v) is 20.9. The molecule has 0 atom stereocenters. The van der Waals surface area contributed by atoms with E-state index in [1.807, 2.05) is 0 Å². The lowest BCUT2D eigenvalue weighted by atomic mass is 10.0. The Morgan fingerprint density at radius 1 is 1.03 bits per heavy atom. The van der Waals surface area contributed by atoms with E-state index in [-0.39, 0.29) is 36.4 Å². The number of nitrogens with zero attached hydrogens (tertiary/aromatic N) is 1. The monoisotopic (exact) mass is 526 g/mol. The zero-order chi connectivity index (χ0) is 25.7. The maximum absolute atomic E-state index is 13.1. The summed E-state index contributed by atoms with van der Waals surface area (Å²) >= 11 is 7.07. The van der Waals surface area contributed by atoms with E-state index < -0.39 is 5.91 Å². The number of thiophene rings is 1. The van der Waals surface area contributed by atoms with Gasteiger partial charge in [0.05, 0.1) is 27.1 Å². The molecule has 0 aliphatic carbocycles. The first-order valence-electron chi connectivity index (χ1n) is 11.0. The summed E-state index contributed by atoms with van der Waals surface area (Å²) in [5.41, 5.74) is 2.11. The summed E-state index contributed by atoms with van der Waals surface area (Å²) in [6.07, 6.45) is 0. The summed E-state index contributed by atoms with van der Waals surface area (Å²) in [5, 5.41) is 8.18. The Hall–Kier alpha value is -3.73. The topological polar surface area (TPSA) is 117 Å². The van der Waals surface area contributed by atoms with Crippen LogP contribution in [0.5, 0.6) is 0 Å². The molecular weight excluding hydrogens is 504 g/mol. The van der Waals surface area contributed by atoms with Crippen molar-refractivity contribution in [3.8, 4) is 0 Å². The van der Waals surface area contributed by atoms with Crippen molar-refractivity contribution >= 4 is 57.9 Å². The molecule has 9 nitrogen and oxygen atoms in total. The highest BCUT2D eigenvalue weighted by Gasteiger charge is 2.21. The Bertz CT molecular complexity index is 1310. The molecule has 4 amide bonds. The fourth-order valence-corrected chi connectivity index (χ4v) is 4.65. The molecule has 0 saturated carbocycles. The van der Waals surface area contributed by atoms with Crippen LogP contribution in [0.1, 0.15) is 36.0 Å². The van der Waals surface area contributed by atoms with Crippen molar-refractivity contribution < 1.29 is 23.9 Å². The Morgan fingerprint density at radius 3 is 2.47 bits per heavy atom. The minimum atomic E-state index is -0.441.